The number of carbonyl (C=O) groups excluding carboxylic acids is 1. The highest BCUT2D eigenvalue weighted by atomic mass is 35.5. The Kier molecular flexibility index (Phi) is 4.60. The molecule has 2 saturated heterocycles. The van der Waals surface area contributed by atoms with Crippen LogP contribution in [0.3, 0.4) is 0 Å². The third-order valence-electron chi connectivity index (χ3n) is 5.55. The molecule has 2 aliphatic heterocycles. The molecule has 0 unspecified atom stereocenters. The van der Waals surface area contributed by atoms with E-state index in [1.165, 1.54) is 0 Å². The predicted octanol–water partition coefficient (Wildman–Crippen LogP) is 2.03. The first kappa shape index (κ1) is 17.1. The third-order valence-corrected chi connectivity index (χ3v) is 5.75. The van der Waals surface area contributed by atoms with E-state index in [4.69, 9.17) is 21.1 Å². The Morgan fingerprint density at radius 1 is 1.44 bits per heavy atom. The molecule has 136 valence electrons. The number of halogens is 1. The van der Waals surface area contributed by atoms with Gasteiger partial charge in [0, 0.05) is 31.3 Å². The smallest absolute Gasteiger partial charge is 0.225 e. The van der Waals surface area contributed by atoms with Crippen LogP contribution in [0.5, 0.6) is 5.75 Å². The summed E-state index contributed by atoms with van der Waals surface area (Å²) in [4.78, 5) is 18.2. The van der Waals surface area contributed by atoms with Crippen molar-refractivity contribution in [2.24, 2.45) is 5.92 Å². The molecule has 3 fully saturated rings. The van der Waals surface area contributed by atoms with Crippen molar-refractivity contribution in [3.05, 3.63) is 23.5 Å². The highest BCUT2D eigenvalue weighted by molar-refractivity contribution is 6.30. The second kappa shape index (κ2) is 6.74. The average molecular weight is 367 g/mol. The maximum Gasteiger partial charge on any atom is 0.225 e. The van der Waals surface area contributed by atoms with Gasteiger partial charge >= 0.3 is 0 Å². The minimum atomic E-state index is -0.753. The van der Waals surface area contributed by atoms with Gasteiger partial charge in [0.25, 0.3) is 0 Å². The van der Waals surface area contributed by atoms with Gasteiger partial charge in [-0.1, -0.05) is 11.6 Å². The van der Waals surface area contributed by atoms with Gasteiger partial charge in [-0.2, -0.15) is 0 Å². The summed E-state index contributed by atoms with van der Waals surface area (Å²) in [7, 11) is 0. The molecule has 25 heavy (non-hydrogen) atoms. The number of hydrogen-bond donors (Lipinski definition) is 1. The molecule has 3 atom stereocenters. The molecular weight excluding hydrogens is 344 g/mol. The summed E-state index contributed by atoms with van der Waals surface area (Å²) in [5, 5.41) is 10.7. The first-order valence-corrected chi connectivity index (χ1v) is 9.27. The first-order valence-electron chi connectivity index (χ1n) is 8.90. The lowest BCUT2D eigenvalue weighted by Gasteiger charge is -2.37. The van der Waals surface area contributed by atoms with Crippen molar-refractivity contribution >= 4 is 17.5 Å². The zero-order valence-electron chi connectivity index (χ0n) is 14.1. The molecule has 1 amide bonds. The van der Waals surface area contributed by atoms with E-state index >= 15 is 0 Å². The summed E-state index contributed by atoms with van der Waals surface area (Å²) in [6.07, 6.45) is 6.94. The fourth-order valence-electron chi connectivity index (χ4n) is 3.99. The molecule has 1 aliphatic carbocycles. The minimum Gasteiger partial charge on any atom is -0.489 e. The molecule has 0 aromatic carbocycles. The molecule has 1 N–H and O–H groups in total. The fourth-order valence-corrected chi connectivity index (χ4v) is 4.15. The number of pyridine rings is 1. The Morgan fingerprint density at radius 2 is 2.28 bits per heavy atom. The van der Waals surface area contributed by atoms with Crippen molar-refractivity contribution in [1.82, 2.24) is 9.88 Å². The number of amides is 1. The molecule has 6 nitrogen and oxygen atoms in total. The molecule has 1 aromatic rings. The Balaban J connectivity index is 1.24. The number of likely N-dealkylation sites (tertiary alicyclic amines) is 1. The summed E-state index contributed by atoms with van der Waals surface area (Å²) >= 11 is 5.90. The van der Waals surface area contributed by atoms with E-state index in [9.17, 15) is 9.90 Å². The van der Waals surface area contributed by atoms with Gasteiger partial charge in [-0.15, -0.1) is 0 Å². The van der Waals surface area contributed by atoms with Crippen LogP contribution in [-0.2, 0) is 9.53 Å². The third kappa shape index (κ3) is 3.76. The molecular formula is C18H23ClN2O4. The van der Waals surface area contributed by atoms with Gasteiger partial charge in [-0.3, -0.25) is 9.78 Å². The Morgan fingerprint density at radius 3 is 2.96 bits per heavy atom. The highest BCUT2D eigenvalue weighted by Crippen LogP contribution is 2.37. The van der Waals surface area contributed by atoms with E-state index in [2.05, 4.69) is 4.98 Å². The van der Waals surface area contributed by atoms with Crippen molar-refractivity contribution in [1.29, 1.82) is 0 Å². The number of aliphatic hydroxyl groups is 1. The summed E-state index contributed by atoms with van der Waals surface area (Å²) in [5.74, 6) is 1.04. The number of rotatable bonds is 5. The lowest BCUT2D eigenvalue weighted by molar-refractivity contribution is -0.140. The van der Waals surface area contributed by atoms with E-state index in [0.717, 1.165) is 32.2 Å². The van der Waals surface area contributed by atoms with Gasteiger partial charge in [-0.05, 0) is 25.7 Å². The second-order valence-electron chi connectivity index (χ2n) is 7.50. The number of carbonyl (C=O) groups is 1. The number of fused-ring (bicyclic) bond motifs is 1. The molecule has 3 aliphatic rings. The molecule has 1 aromatic heterocycles. The number of nitrogens with zero attached hydrogens (tertiary/aromatic N) is 2. The molecule has 0 bridgehead atoms. The van der Waals surface area contributed by atoms with Gasteiger partial charge < -0.3 is 19.5 Å². The zero-order chi connectivity index (χ0) is 17.4. The molecule has 4 rings (SSSR count). The van der Waals surface area contributed by atoms with E-state index in [-0.39, 0.29) is 24.5 Å². The van der Waals surface area contributed by atoms with Crippen LogP contribution in [0, 0.1) is 5.92 Å². The van der Waals surface area contributed by atoms with Crippen molar-refractivity contribution in [2.45, 2.75) is 49.9 Å². The van der Waals surface area contributed by atoms with Gasteiger partial charge in [-0.25, -0.2) is 0 Å². The van der Waals surface area contributed by atoms with E-state index < -0.39 is 5.60 Å². The van der Waals surface area contributed by atoms with Crippen molar-refractivity contribution in [2.75, 3.05) is 19.7 Å². The topological polar surface area (TPSA) is 71.9 Å². The maximum absolute atomic E-state index is 12.4. The number of aromatic nitrogens is 1. The van der Waals surface area contributed by atoms with E-state index in [1.807, 2.05) is 4.90 Å². The van der Waals surface area contributed by atoms with Crippen LogP contribution in [0.25, 0.3) is 0 Å². The normalized spacial score (nSPS) is 30.0. The van der Waals surface area contributed by atoms with Crippen molar-refractivity contribution < 1.29 is 19.4 Å². The maximum atomic E-state index is 12.4. The van der Waals surface area contributed by atoms with Crippen molar-refractivity contribution in [3.8, 4) is 5.75 Å². The van der Waals surface area contributed by atoms with Crippen LogP contribution in [0.2, 0.25) is 5.02 Å². The van der Waals surface area contributed by atoms with Crippen LogP contribution < -0.4 is 4.74 Å². The summed E-state index contributed by atoms with van der Waals surface area (Å²) in [5.41, 5.74) is -0.753. The quantitative estimate of drug-likeness (QED) is 0.863. The van der Waals surface area contributed by atoms with Crippen LogP contribution >= 0.6 is 11.6 Å². The van der Waals surface area contributed by atoms with Crippen LogP contribution in [0.1, 0.15) is 32.1 Å². The lowest BCUT2D eigenvalue weighted by atomic mass is 9.77. The second-order valence-corrected chi connectivity index (χ2v) is 7.93. The predicted molar refractivity (Wildman–Crippen MR) is 91.5 cm³/mol. The fraction of sp³-hybridized carbons (Fsp3) is 0.667. The average Bonchev–Trinajstić information content (AvgIpc) is 3.10. The number of ether oxygens (including phenoxy) is 2. The van der Waals surface area contributed by atoms with Crippen molar-refractivity contribution in [3.63, 3.8) is 0 Å². The van der Waals surface area contributed by atoms with Crippen LogP contribution in [0.15, 0.2) is 18.5 Å². The molecule has 3 heterocycles. The largest absolute Gasteiger partial charge is 0.489 e. The zero-order valence-corrected chi connectivity index (χ0v) is 14.8. The molecule has 7 heteroatoms. The summed E-state index contributed by atoms with van der Waals surface area (Å²) in [6, 6.07) is 1.73. The molecule has 1 saturated carbocycles. The van der Waals surface area contributed by atoms with E-state index in [1.54, 1.807) is 18.5 Å². The van der Waals surface area contributed by atoms with Crippen LogP contribution in [0.4, 0.5) is 0 Å². The van der Waals surface area contributed by atoms with Crippen LogP contribution in [-0.4, -0.2) is 58.4 Å². The summed E-state index contributed by atoms with van der Waals surface area (Å²) in [6.45, 7) is 1.80. The monoisotopic (exact) mass is 366 g/mol. The van der Waals surface area contributed by atoms with Gasteiger partial charge in [0.05, 0.1) is 35.4 Å². The highest BCUT2D eigenvalue weighted by Gasteiger charge is 2.45. The summed E-state index contributed by atoms with van der Waals surface area (Å²) < 4.78 is 11.8. The molecule has 0 spiro atoms. The van der Waals surface area contributed by atoms with Gasteiger partial charge in [0.15, 0.2) is 0 Å². The first-order chi connectivity index (χ1) is 12.0. The lowest BCUT2D eigenvalue weighted by Crippen LogP contribution is -2.43. The van der Waals surface area contributed by atoms with E-state index in [0.29, 0.717) is 29.8 Å². The molecule has 0 radical (unpaired) electrons. The Bertz CT molecular complexity index is 638. The number of hydrogen-bond acceptors (Lipinski definition) is 5. The van der Waals surface area contributed by atoms with Gasteiger partial charge in [0.1, 0.15) is 12.4 Å². The Labute approximate surface area is 152 Å². The minimum absolute atomic E-state index is 0.0297. The Hall–Kier alpha value is -1.37. The van der Waals surface area contributed by atoms with Gasteiger partial charge in [0.2, 0.25) is 5.91 Å². The standard InChI is InChI=1S/C18H23ClN2O4/c19-13-5-14(8-20-7-13)24-11-15-4-12-9-21(10-16(12)25-15)17(22)6-18(23)2-1-3-18/h5,7-8,12,15-16,23H,1-4,6,9-11H2/t12-,15-,16+/m0/s1. The SMILES string of the molecule is O=C(CC1(O)CCC1)N1C[C@@H]2C[C@@H](COc3cncc(Cl)c3)O[C@@H]2C1.